The molecule has 6 N–H and O–H groups in total. The molecule has 0 saturated carbocycles. The largest absolute Gasteiger partial charge is 0.478 e. The minimum Gasteiger partial charge on any atom is -0.478 e. The Balaban J connectivity index is 2.15. The summed E-state index contributed by atoms with van der Waals surface area (Å²) in [6, 6.07) is 14.2. The number of aromatic carboxylic acids is 6. The van der Waals surface area contributed by atoms with Gasteiger partial charge in [-0.15, -0.1) is 0 Å². The van der Waals surface area contributed by atoms with Crippen molar-refractivity contribution in [3.63, 3.8) is 0 Å². The highest BCUT2D eigenvalue weighted by atomic mass is 16.5. The van der Waals surface area contributed by atoms with Gasteiger partial charge in [-0.2, -0.15) is 0 Å². The maximum atomic E-state index is 12.5. The average molecular weight is 586 g/mol. The van der Waals surface area contributed by atoms with Gasteiger partial charge in [-0.05, 0) is 59.7 Å². The fourth-order valence-corrected chi connectivity index (χ4v) is 4.35. The molecule has 0 aliphatic rings. The number of carboxylic acids is 6. The highest BCUT2D eigenvalue weighted by Crippen LogP contribution is 2.44. The van der Waals surface area contributed by atoms with E-state index in [9.17, 15) is 59.4 Å². The zero-order valence-electron chi connectivity index (χ0n) is 21.5. The number of rotatable bonds is 10. The topological polar surface area (TPSA) is 233 Å². The molecule has 0 aliphatic heterocycles. The van der Waals surface area contributed by atoms with E-state index in [0.717, 1.165) is 36.4 Å². The molecule has 0 unspecified atom stereocenters. The fraction of sp³-hybridized carbons (Fsp3) is 0. The number of hydrogen-bond donors (Lipinski definition) is 6. The molecule has 4 aromatic carbocycles. The lowest BCUT2D eigenvalue weighted by Gasteiger charge is -2.20. The Kier molecular flexibility index (Phi) is 7.91. The third kappa shape index (κ3) is 5.71. The molecular weight excluding hydrogens is 568 g/mol. The molecule has 0 saturated heterocycles. The van der Waals surface area contributed by atoms with Crippen molar-refractivity contribution in [2.75, 3.05) is 0 Å². The Hall–Kier alpha value is -6.50. The highest BCUT2D eigenvalue weighted by Gasteiger charge is 2.31. The van der Waals surface area contributed by atoms with Crippen molar-refractivity contribution < 1.29 is 64.1 Å². The molecule has 4 aromatic rings. The molecule has 43 heavy (non-hydrogen) atoms. The van der Waals surface area contributed by atoms with Crippen LogP contribution in [0, 0.1) is 0 Å². The van der Waals surface area contributed by atoms with Crippen LogP contribution < -0.4 is 4.74 Å². The summed E-state index contributed by atoms with van der Waals surface area (Å²) < 4.78 is 5.93. The third-order valence-electron chi connectivity index (χ3n) is 6.25. The molecular formula is C30H18O13. The first kappa shape index (κ1) is 29.5. The van der Waals surface area contributed by atoms with E-state index >= 15 is 0 Å². The molecule has 0 fully saturated rings. The summed E-state index contributed by atoms with van der Waals surface area (Å²) >= 11 is 0. The molecule has 13 heteroatoms. The molecule has 0 radical (unpaired) electrons. The van der Waals surface area contributed by atoms with Crippen LogP contribution in [0.2, 0.25) is 0 Å². The summed E-state index contributed by atoms with van der Waals surface area (Å²) in [4.78, 5) is 72.1. The first-order valence-electron chi connectivity index (χ1n) is 11.9. The van der Waals surface area contributed by atoms with E-state index in [0.29, 0.717) is 0 Å². The van der Waals surface area contributed by atoms with Crippen LogP contribution in [-0.4, -0.2) is 66.5 Å². The van der Waals surface area contributed by atoms with Crippen LogP contribution in [0.1, 0.15) is 62.1 Å². The van der Waals surface area contributed by atoms with Gasteiger partial charge >= 0.3 is 35.8 Å². The lowest BCUT2D eigenvalue weighted by Crippen LogP contribution is -2.14. The second kappa shape index (κ2) is 11.5. The van der Waals surface area contributed by atoms with Gasteiger partial charge in [-0.3, -0.25) is 0 Å². The Labute approximate surface area is 240 Å². The maximum absolute atomic E-state index is 12.5. The van der Waals surface area contributed by atoms with Crippen LogP contribution >= 0.6 is 0 Å². The van der Waals surface area contributed by atoms with Gasteiger partial charge in [-0.1, -0.05) is 24.3 Å². The summed E-state index contributed by atoms with van der Waals surface area (Å²) in [5, 5.41) is 58.5. The van der Waals surface area contributed by atoms with Gasteiger partial charge in [0.05, 0.1) is 22.3 Å². The minimum atomic E-state index is -1.82. The number of hydrogen-bond acceptors (Lipinski definition) is 7. The monoisotopic (exact) mass is 586 g/mol. The molecule has 0 amide bonds. The highest BCUT2D eigenvalue weighted by molar-refractivity contribution is 6.08. The van der Waals surface area contributed by atoms with E-state index in [2.05, 4.69) is 0 Å². The third-order valence-corrected chi connectivity index (χ3v) is 6.25. The lowest BCUT2D eigenvalue weighted by molar-refractivity contribution is 0.0645. The summed E-state index contributed by atoms with van der Waals surface area (Å²) in [5.41, 5.74) is -4.18. The number of ether oxygens (including phenoxy) is 1. The van der Waals surface area contributed by atoms with E-state index in [4.69, 9.17) is 4.74 Å². The van der Waals surface area contributed by atoms with Gasteiger partial charge in [0, 0.05) is 11.1 Å². The van der Waals surface area contributed by atoms with E-state index in [1.165, 1.54) is 36.4 Å². The van der Waals surface area contributed by atoms with Crippen molar-refractivity contribution in [1.82, 2.24) is 0 Å². The van der Waals surface area contributed by atoms with Gasteiger partial charge in [0.15, 0.2) is 11.5 Å². The van der Waals surface area contributed by atoms with Crippen molar-refractivity contribution in [3.8, 4) is 33.8 Å². The molecule has 13 nitrogen and oxygen atoms in total. The molecule has 216 valence electrons. The molecule has 0 spiro atoms. The van der Waals surface area contributed by atoms with Crippen LogP contribution in [-0.2, 0) is 0 Å². The molecule has 0 heterocycles. The second-order valence-electron chi connectivity index (χ2n) is 8.82. The summed E-state index contributed by atoms with van der Waals surface area (Å²) in [5.74, 6) is -11.2. The quantitative estimate of drug-likeness (QED) is 0.144. The maximum Gasteiger partial charge on any atom is 0.340 e. The Morgan fingerprint density at radius 1 is 0.442 bits per heavy atom. The van der Waals surface area contributed by atoms with E-state index in [-0.39, 0.29) is 33.4 Å². The van der Waals surface area contributed by atoms with Gasteiger partial charge in [-0.25, -0.2) is 28.8 Å². The zero-order chi connectivity index (χ0) is 31.6. The number of carboxylic acid groups (broad SMARTS) is 6. The number of benzene rings is 4. The zero-order valence-corrected chi connectivity index (χ0v) is 21.5. The summed E-state index contributed by atoms with van der Waals surface area (Å²) in [6.07, 6.45) is 0. The van der Waals surface area contributed by atoms with E-state index in [1.807, 2.05) is 0 Å². The van der Waals surface area contributed by atoms with Crippen molar-refractivity contribution >= 4 is 35.8 Å². The van der Waals surface area contributed by atoms with Crippen molar-refractivity contribution in [2.24, 2.45) is 0 Å². The average Bonchev–Trinajstić information content (AvgIpc) is 2.96. The molecule has 0 atom stereocenters. The van der Waals surface area contributed by atoms with Crippen molar-refractivity contribution in [2.45, 2.75) is 0 Å². The van der Waals surface area contributed by atoms with Crippen molar-refractivity contribution in [1.29, 1.82) is 0 Å². The Bertz CT molecular complexity index is 1740. The Morgan fingerprint density at radius 3 is 1.12 bits per heavy atom. The van der Waals surface area contributed by atoms with E-state index in [1.54, 1.807) is 0 Å². The van der Waals surface area contributed by atoms with Gasteiger partial charge in [0.25, 0.3) is 0 Å². The molecule has 0 aromatic heterocycles. The SMILES string of the molecule is O=C(O)c1cccc(-c2ccc(C(=O)O)c(C(=O)O)c2Oc2c(-c3cccc(C(=O)O)c3)ccc(C(=O)O)c2C(=O)O)c1. The standard InChI is InChI=1S/C30H18O13/c31-25(32)15-5-1-3-13(11-15)17-7-9-19(27(35)36)21(29(39)40)23(17)43-24-18(14-4-2-6-16(12-14)26(33)34)8-10-20(28(37)38)22(24)30(41)42/h1-12H,(H,31,32)(H,33,34)(H,35,36)(H,37,38)(H,39,40)(H,41,42). The van der Waals surface area contributed by atoms with E-state index < -0.39 is 69.6 Å². The normalized spacial score (nSPS) is 10.5. The second-order valence-corrected chi connectivity index (χ2v) is 8.82. The predicted molar refractivity (Wildman–Crippen MR) is 146 cm³/mol. The van der Waals surface area contributed by atoms with Gasteiger partial charge in [0.1, 0.15) is 11.1 Å². The first-order chi connectivity index (χ1) is 20.3. The lowest BCUT2D eigenvalue weighted by atomic mass is 9.94. The van der Waals surface area contributed by atoms with Crippen LogP contribution in [0.3, 0.4) is 0 Å². The van der Waals surface area contributed by atoms with Crippen molar-refractivity contribution in [3.05, 3.63) is 106 Å². The minimum absolute atomic E-state index is 0.0371. The van der Waals surface area contributed by atoms with Gasteiger partial charge in [0.2, 0.25) is 0 Å². The van der Waals surface area contributed by atoms with Crippen LogP contribution in [0.15, 0.2) is 72.8 Å². The van der Waals surface area contributed by atoms with Crippen LogP contribution in [0.4, 0.5) is 0 Å². The summed E-state index contributed by atoms with van der Waals surface area (Å²) in [6.45, 7) is 0. The van der Waals surface area contributed by atoms with Gasteiger partial charge < -0.3 is 35.4 Å². The fourth-order valence-electron chi connectivity index (χ4n) is 4.35. The molecule has 4 rings (SSSR count). The smallest absolute Gasteiger partial charge is 0.340 e. The van der Waals surface area contributed by atoms with Crippen LogP contribution in [0.5, 0.6) is 11.5 Å². The number of carbonyl (C=O) groups is 6. The predicted octanol–water partition coefficient (Wildman–Crippen LogP) is 5.00. The first-order valence-corrected chi connectivity index (χ1v) is 11.9. The molecule has 0 aliphatic carbocycles. The summed E-state index contributed by atoms with van der Waals surface area (Å²) in [7, 11) is 0. The van der Waals surface area contributed by atoms with Crippen LogP contribution in [0.25, 0.3) is 22.3 Å². The molecule has 0 bridgehead atoms. The Morgan fingerprint density at radius 2 is 0.814 bits per heavy atom.